The molecule has 112 valence electrons. The fourth-order valence-electron chi connectivity index (χ4n) is 1.95. The Bertz CT molecular complexity index is 755. The fourth-order valence-corrected chi connectivity index (χ4v) is 2.49. The smallest absolute Gasteiger partial charge is 0.238 e. The lowest BCUT2D eigenvalue weighted by molar-refractivity contribution is 0.598. The van der Waals surface area contributed by atoms with Crippen molar-refractivity contribution >= 4 is 27.1 Å². The molecule has 0 aliphatic rings. The zero-order chi connectivity index (χ0) is 15.6. The summed E-state index contributed by atoms with van der Waals surface area (Å²) in [5.41, 5.74) is 8.88. The van der Waals surface area contributed by atoms with Gasteiger partial charge in [0, 0.05) is 5.69 Å². The van der Waals surface area contributed by atoms with Crippen molar-refractivity contribution < 1.29 is 8.42 Å². The summed E-state index contributed by atoms with van der Waals surface area (Å²) < 4.78 is 22.8. The zero-order valence-electron chi connectivity index (χ0n) is 12.0. The monoisotopic (exact) mass is 305 g/mol. The first-order valence-corrected chi connectivity index (χ1v) is 8.11. The Morgan fingerprint density at radius 2 is 1.81 bits per heavy atom. The lowest BCUT2D eigenvalue weighted by Gasteiger charge is -2.13. The molecule has 0 atom stereocenters. The molecule has 5 N–H and O–H groups in total. The molecule has 0 amide bonds. The molecule has 0 aromatic heterocycles. The number of sulfonamides is 1. The molecule has 2 aromatic carbocycles. The summed E-state index contributed by atoms with van der Waals surface area (Å²) in [6.45, 7) is 4.21. The normalized spacial score (nSPS) is 11.6. The average Bonchev–Trinajstić information content (AvgIpc) is 2.40. The van der Waals surface area contributed by atoms with Crippen molar-refractivity contribution in [1.29, 1.82) is 0 Å². The molecule has 0 heterocycles. The summed E-state index contributed by atoms with van der Waals surface area (Å²) in [6, 6.07) is 12.2. The minimum atomic E-state index is -3.75. The van der Waals surface area contributed by atoms with Gasteiger partial charge >= 0.3 is 0 Å². The Hall–Kier alpha value is -2.05. The van der Waals surface area contributed by atoms with Gasteiger partial charge in [0.1, 0.15) is 0 Å². The van der Waals surface area contributed by atoms with Gasteiger partial charge in [0.15, 0.2) is 0 Å². The highest BCUT2D eigenvalue weighted by Gasteiger charge is 2.11. The van der Waals surface area contributed by atoms with Gasteiger partial charge in [-0.1, -0.05) is 26.0 Å². The van der Waals surface area contributed by atoms with Crippen LogP contribution in [-0.2, 0) is 10.0 Å². The van der Waals surface area contributed by atoms with Crippen molar-refractivity contribution in [3.8, 4) is 0 Å². The largest absolute Gasteiger partial charge is 0.397 e. The number of nitrogen functional groups attached to an aromatic ring is 1. The number of nitrogens with one attached hydrogen (secondary N) is 1. The van der Waals surface area contributed by atoms with Crippen LogP contribution in [-0.4, -0.2) is 8.42 Å². The predicted molar refractivity (Wildman–Crippen MR) is 86.0 cm³/mol. The van der Waals surface area contributed by atoms with E-state index in [2.05, 4.69) is 19.2 Å². The third-order valence-electron chi connectivity index (χ3n) is 3.19. The summed E-state index contributed by atoms with van der Waals surface area (Å²) >= 11 is 0. The highest BCUT2D eigenvalue weighted by molar-refractivity contribution is 7.89. The molecule has 0 saturated carbocycles. The first-order chi connectivity index (χ1) is 9.77. The van der Waals surface area contributed by atoms with Crippen LogP contribution >= 0.6 is 0 Å². The van der Waals surface area contributed by atoms with E-state index < -0.39 is 10.0 Å². The van der Waals surface area contributed by atoms with Crippen molar-refractivity contribution in [1.82, 2.24) is 0 Å². The second-order valence-corrected chi connectivity index (χ2v) is 6.76. The van der Waals surface area contributed by atoms with E-state index in [9.17, 15) is 8.42 Å². The Kier molecular flexibility index (Phi) is 4.20. The van der Waals surface area contributed by atoms with Gasteiger partial charge in [-0.25, -0.2) is 13.6 Å². The molecule has 0 saturated heterocycles. The van der Waals surface area contributed by atoms with E-state index in [0.717, 1.165) is 5.69 Å². The first kappa shape index (κ1) is 15.3. The van der Waals surface area contributed by atoms with Crippen LogP contribution in [0.4, 0.5) is 17.1 Å². The molecular weight excluding hydrogens is 286 g/mol. The van der Waals surface area contributed by atoms with Gasteiger partial charge in [0.25, 0.3) is 0 Å². The zero-order valence-corrected chi connectivity index (χ0v) is 12.8. The third-order valence-corrected chi connectivity index (χ3v) is 4.10. The second-order valence-electron chi connectivity index (χ2n) is 5.20. The molecule has 0 aliphatic carbocycles. The molecule has 2 rings (SSSR count). The summed E-state index contributed by atoms with van der Waals surface area (Å²) in [4.78, 5) is 0.0271. The van der Waals surface area contributed by atoms with Crippen LogP contribution in [0.3, 0.4) is 0 Å². The molecule has 6 heteroatoms. The summed E-state index contributed by atoms with van der Waals surface area (Å²) in [5, 5.41) is 8.27. The van der Waals surface area contributed by atoms with Gasteiger partial charge in [-0.15, -0.1) is 0 Å². The van der Waals surface area contributed by atoms with Crippen molar-refractivity contribution in [2.75, 3.05) is 11.1 Å². The molecule has 0 radical (unpaired) electrons. The number of nitrogens with two attached hydrogens (primary N) is 2. The Balaban J connectivity index is 2.37. The van der Waals surface area contributed by atoms with Crippen molar-refractivity contribution in [3.63, 3.8) is 0 Å². The van der Waals surface area contributed by atoms with Crippen molar-refractivity contribution in [2.24, 2.45) is 5.14 Å². The maximum absolute atomic E-state index is 11.4. The molecule has 0 spiro atoms. The number of hydrogen-bond acceptors (Lipinski definition) is 4. The fraction of sp³-hybridized carbons (Fsp3) is 0.200. The van der Waals surface area contributed by atoms with Gasteiger partial charge in [-0.05, 0) is 41.8 Å². The Morgan fingerprint density at radius 3 is 2.43 bits per heavy atom. The van der Waals surface area contributed by atoms with E-state index in [4.69, 9.17) is 10.9 Å². The van der Waals surface area contributed by atoms with Gasteiger partial charge in [-0.2, -0.15) is 0 Å². The van der Waals surface area contributed by atoms with Crippen LogP contribution in [0, 0.1) is 0 Å². The van der Waals surface area contributed by atoms with Crippen LogP contribution < -0.4 is 16.2 Å². The van der Waals surface area contributed by atoms with E-state index >= 15 is 0 Å². The topological polar surface area (TPSA) is 98.2 Å². The van der Waals surface area contributed by atoms with E-state index in [0.29, 0.717) is 17.3 Å². The minimum Gasteiger partial charge on any atom is -0.397 e. The molecule has 5 nitrogen and oxygen atoms in total. The Labute approximate surface area is 125 Å². The molecule has 0 bridgehead atoms. The van der Waals surface area contributed by atoms with Crippen molar-refractivity contribution in [2.45, 2.75) is 24.7 Å². The van der Waals surface area contributed by atoms with Crippen LogP contribution in [0.25, 0.3) is 0 Å². The van der Waals surface area contributed by atoms with E-state index in [1.165, 1.54) is 23.8 Å². The van der Waals surface area contributed by atoms with E-state index in [1.54, 1.807) is 0 Å². The summed E-state index contributed by atoms with van der Waals surface area (Å²) in [7, 11) is -3.75. The molecule has 0 fully saturated rings. The molecule has 0 unspecified atom stereocenters. The van der Waals surface area contributed by atoms with Gasteiger partial charge in [-0.3, -0.25) is 0 Å². The number of hydrogen-bond donors (Lipinski definition) is 3. The molecule has 0 aliphatic heterocycles. The van der Waals surface area contributed by atoms with Crippen LogP contribution in [0.5, 0.6) is 0 Å². The maximum atomic E-state index is 11.4. The van der Waals surface area contributed by atoms with Gasteiger partial charge in [0.05, 0.1) is 16.3 Å². The number of benzene rings is 2. The SMILES string of the molecule is CC(C)c1cccc(Nc2cc(S(N)(=O)=O)ccc2N)c1. The quantitative estimate of drug-likeness (QED) is 0.756. The van der Waals surface area contributed by atoms with E-state index in [-0.39, 0.29) is 4.90 Å². The van der Waals surface area contributed by atoms with Crippen LogP contribution in [0.15, 0.2) is 47.4 Å². The lowest BCUT2D eigenvalue weighted by Crippen LogP contribution is -2.12. The van der Waals surface area contributed by atoms with Gasteiger partial charge in [0.2, 0.25) is 10.0 Å². The molecular formula is C15H19N3O2S. The van der Waals surface area contributed by atoms with Crippen LogP contribution in [0.1, 0.15) is 25.3 Å². The van der Waals surface area contributed by atoms with Gasteiger partial charge < -0.3 is 11.1 Å². The first-order valence-electron chi connectivity index (χ1n) is 6.56. The summed E-state index contributed by atoms with van der Waals surface area (Å²) in [5.74, 6) is 0.403. The number of rotatable bonds is 4. The van der Waals surface area contributed by atoms with E-state index in [1.807, 2.05) is 24.3 Å². The average molecular weight is 305 g/mol. The van der Waals surface area contributed by atoms with Crippen molar-refractivity contribution in [3.05, 3.63) is 48.0 Å². The number of anilines is 3. The highest BCUT2D eigenvalue weighted by atomic mass is 32.2. The maximum Gasteiger partial charge on any atom is 0.238 e. The predicted octanol–water partition coefficient (Wildman–Crippen LogP) is 2.78. The van der Waals surface area contributed by atoms with Crippen LogP contribution in [0.2, 0.25) is 0 Å². The number of primary sulfonamides is 1. The standard InChI is InChI=1S/C15H19N3O2S/c1-10(2)11-4-3-5-12(8-11)18-15-9-13(21(17,19)20)6-7-14(15)16/h3-10,18H,16H2,1-2H3,(H2,17,19,20). The summed E-state index contributed by atoms with van der Waals surface area (Å²) in [6.07, 6.45) is 0. The third kappa shape index (κ3) is 3.74. The highest BCUT2D eigenvalue weighted by Crippen LogP contribution is 2.27. The molecule has 21 heavy (non-hydrogen) atoms. The Morgan fingerprint density at radius 1 is 1.10 bits per heavy atom. The molecule has 2 aromatic rings. The minimum absolute atomic E-state index is 0.0271. The lowest BCUT2D eigenvalue weighted by atomic mass is 10.0. The second kappa shape index (κ2) is 5.75.